The summed E-state index contributed by atoms with van der Waals surface area (Å²) in [7, 11) is 0. The van der Waals surface area contributed by atoms with E-state index >= 15 is 0 Å². The molecule has 3 heteroatoms. The third-order valence-corrected chi connectivity index (χ3v) is 4.79. The van der Waals surface area contributed by atoms with E-state index in [4.69, 9.17) is 17.3 Å². The molecule has 2 nitrogen and oxygen atoms in total. The van der Waals surface area contributed by atoms with Crippen LogP contribution in [-0.4, -0.2) is 6.54 Å². The van der Waals surface area contributed by atoms with Crippen molar-refractivity contribution in [3.8, 4) is 0 Å². The largest absolute Gasteiger partial charge is 0.310 e. The fraction of sp³-hybridized carbons (Fsp3) is 0.238. The van der Waals surface area contributed by atoms with Crippen LogP contribution in [0.5, 0.6) is 0 Å². The molecule has 0 radical (unpaired) electrons. The molecule has 0 aliphatic rings. The van der Waals surface area contributed by atoms with Crippen molar-refractivity contribution < 1.29 is 0 Å². The Morgan fingerprint density at radius 3 is 2.50 bits per heavy atom. The van der Waals surface area contributed by atoms with Gasteiger partial charge in [-0.15, -0.1) is 0 Å². The summed E-state index contributed by atoms with van der Waals surface area (Å²) >= 11 is 6.21. The molecule has 0 aliphatic heterocycles. The summed E-state index contributed by atoms with van der Waals surface area (Å²) in [6.45, 7) is 2.87. The van der Waals surface area contributed by atoms with Crippen molar-refractivity contribution in [3.63, 3.8) is 0 Å². The molecular weight excluding hydrogens is 316 g/mol. The topological polar surface area (TPSA) is 38.0 Å². The second-order valence-corrected chi connectivity index (χ2v) is 6.76. The van der Waals surface area contributed by atoms with Crippen molar-refractivity contribution in [1.29, 1.82) is 0 Å². The van der Waals surface area contributed by atoms with Gasteiger partial charge in [0.25, 0.3) is 0 Å². The van der Waals surface area contributed by atoms with E-state index in [1.54, 1.807) is 0 Å². The Bertz CT molecular complexity index is 821. The summed E-state index contributed by atoms with van der Waals surface area (Å²) in [5.41, 5.74) is 8.32. The van der Waals surface area contributed by atoms with Gasteiger partial charge in [-0.3, -0.25) is 5.32 Å². The molecule has 0 fully saturated rings. The number of nitrogens with one attached hydrogen (secondary N) is 1. The van der Waals surface area contributed by atoms with Gasteiger partial charge in [-0.1, -0.05) is 72.3 Å². The van der Waals surface area contributed by atoms with Crippen molar-refractivity contribution in [2.75, 3.05) is 6.54 Å². The lowest BCUT2D eigenvalue weighted by Gasteiger charge is -2.28. The third kappa shape index (κ3) is 3.78. The van der Waals surface area contributed by atoms with E-state index < -0.39 is 5.66 Å². The highest BCUT2D eigenvalue weighted by atomic mass is 35.5. The first kappa shape index (κ1) is 17.0. The van der Waals surface area contributed by atoms with Crippen LogP contribution in [-0.2, 0) is 12.1 Å². The van der Waals surface area contributed by atoms with E-state index in [0.29, 0.717) is 0 Å². The second kappa shape index (κ2) is 7.35. The standard InChI is InChI=1S/C21H23ClN2/c1-21(23,19-13-6-10-16-8-2-4-12-18(16)19)24-15-7-11-17-9-3-5-14-20(17)22/h2-6,8-10,12-14,24H,7,11,15,23H2,1H3/t21-/m1/s1. The molecule has 0 amide bonds. The van der Waals surface area contributed by atoms with Crippen LogP contribution in [0.3, 0.4) is 0 Å². The van der Waals surface area contributed by atoms with Crippen LogP contribution in [0.4, 0.5) is 0 Å². The van der Waals surface area contributed by atoms with Crippen LogP contribution >= 0.6 is 11.6 Å². The highest BCUT2D eigenvalue weighted by molar-refractivity contribution is 6.31. The minimum absolute atomic E-state index is 0.568. The molecule has 0 bridgehead atoms. The quantitative estimate of drug-likeness (QED) is 0.498. The van der Waals surface area contributed by atoms with Gasteiger partial charge in [0.2, 0.25) is 0 Å². The van der Waals surface area contributed by atoms with E-state index in [9.17, 15) is 0 Å². The first-order valence-electron chi connectivity index (χ1n) is 8.33. The van der Waals surface area contributed by atoms with Gasteiger partial charge in [-0.2, -0.15) is 0 Å². The van der Waals surface area contributed by atoms with Crippen LogP contribution in [0.2, 0.25) is 5.02 Å². The maximum Gasteiger partial charge on any atom is 0.0901 e. The predicted octanol–water partition coefficient (Wildman–Crippen LogP) is 4.85. The smallest absolute Gasteiger partial charge is 0.0901 e. The van der Waals surface area contributed by atoms with Gasteiger partial charge in [0.1, 0.15) is 0 Å². The van der Waals surface area contributed by atoms with Crippen molar-refractivity contribution in [2.45, 2.75) is 25.4 Å². The number of aryl methyl sites for hydroxylation is 1. The fourth-order valence-corrected chi connectivity index (χ4v) is 3.33. The Morgan fingerprint density at radius 2 is 1.67 bits per heavy atom. The molecule has 124 valence electrons. The molecule has 24 heavy (non-hydrogen) atoms. The number of nitrogens with two attached hydrogens (primary N) is 1. The highest BCUT2D eigenvalue weighted by Crippen LogP contribution is 2.25. The molecule has 0 saturated carbocycles. The average Bonchev–Trinajstić information content (AvgIpc) is 2.59. The molecule has 3 aromatic rings. The zero-order valence-electron chi connectivity index (χ0n) is 13.9. The first-order valence-corrected chi connectivity index (χ1v) is 8.71. The van der Waals surface area contributed by atoms with Crippen molar-refractivity contribution >= 4 is 22.4 Å². The number of hydrogen-bond acceptors (Lipinski definition) is 2. The lowest BCUT2D eigenvalue weighted by molar-refractivity contribution is 0.381. The number of benzene rings is 3. The van der Waals surface area contributed by atoms with Crippen molar-refractivity contribution in [3.05, 3.63) is 82.9 Å². The monoisotopic (exact) mass is 338 g/mol. The Labute approximate surface area is 148 Å². The number of fused-ring (bicyclic) bond motifs is 1. The molecule has 0 spiro atoms. The Kier molecular flexibility index (Phi) is 5.20. The van der Waals surface area contributed by atoms with Crippen molar-refractivity contribution in [2.24, 2.45) is 5.73 Å². The Balaban J connectivity index is 1.66. The van der Waals surface area contributed by atoms with E-state index in [-0.39, 0.29) is 0 Å². The van der Waals surface area contributed by atoms with Crippen molar-refractivity contribution in [1.82, 2.24) is 5.32 Å². The predicted molar refractivity (Wildman–Crippen MR) is 103 cm³/mol. The van der Waals surface area contributed by atoms with Crippen LogP contribution < -0.4 is 11.1 Å². The number of rotatable bonds is 6. The highest BCUT2D eigenvalue weighted by Gasteiger charge is 2.22. The molecule has 0 aromatic heterocycles. The van der Waals surface area contributed by atoms with E-state index in [1.165, 1.54) is 16.3 Å². The normalized spacial score (nSPS) is 13.8. The van der Waals surface area contributed by atoms with Gasteiger partial charge >= 0.3 is 0 Å². The van der Waals surface area contributed by atoms with Gasteiger partial charge in [0.05, 0.1) is 5.66 Å². The van der Waals surface area contributed by atoms with Gasteiger partial charge in [0, 0.05) is 5.02 Å². The minimum atomic E-state index is -0.568. The lowest BCUT2D eigenvalue weighted by Crippen LogP contribution is -2.48. The molecule has 0 aliphatic carbocycles. The third-order valence-electron chi connectivity index (χ3n) is 4.42. The van der Waals surface area contributed by atoms with Gasteiger partial charge in [-0.05, 0) is 54.3 Å². The van der Waals surface area contributed by atoms with Crippen LogP contribution in [0.1, 0.15) is 24.5 Å². The molecule has 0 saturated heterocycles. The summed E-state index contributed by atoms with van der Waals surface area (Å²) < 4.78 is 0. The van der Waals surface area contributed by atoms with E-state index in [2.05, 4.69) is 53.8 Å². The molecule has 3 aromatic carbocycles. The van der Waals surface area contributed by atoms with Gasteiger partial charge < -0.3 is 5.73 Å². The molecule has 3 N–H and O–H groups in total. The molecule has 3 rings (SSSR count). The summed E-state index contributed by atoms with van der Waals surface area (Å²) in [4.78, 5) is 0. The zero-order chi connectivity index (χ0) is 17.0. The number of halogens is 1. The van der Waals surface area contributed by atoms with Gasteiger partial charge in [-0.25, -0.2) is 0 Å². The maximum absolute atomic E-state index is 6.58. The van der Waals surface area contributed by atoms with E-state index in [1.807, 2.05) is 25.1 Å². The summed E-state index contributed by atoms with van der Waals surface area (Å²) in [5.74, 6) is 0. The number of hydrogen-bond donors (Lipinski definition) is 2. The Hall–Kier alpha value is -1.87. The molecular formula is C21H23ClN2. The maximum atomic E-state index is 6.58. The fourth-order valence-electron chi connectivity index (χ4n) is 3.10. The lowest BCUT2D eigenvalue weighted by atomic mass is 9.95. The van der Waals surface area contributed by atoms with Gasteiger partial charge in [0.15, 0.2) is 0 Å². The van der Waals surface area contributed by atoms with Crippen LogP contribution in [0, 0.1) is 0 Å². The molecule has 1 atom stereocenters. The van der Waals surface area contributed by atoms with Crippen LogP contribution in [0.15, 0.2) is 66.7 Å². The summed E-state index contributed by atoms with van der Waals surface area (Å²) in [5, 5.41) is 6.74. The Morgan fingerprint density at radius 1 is 0.958 bits per heavy atom. The zero-order valence-corrected chi connectivity index (χ0v) is 14.7. The second-order valence-electron chi connectivity index (χ2n) is 6.35. The summed E-state index contributed by atoms with van der Waals surface area (Å²) in [6.07, 6.45) is 1.93. The van der Waals surface area contributed by atoms with Crippen LogP contribution in [0.25, 0.3) is 10.8 Å². The SMILES string of the molecule is C[C@@](N)(NCCCc1ccccc1Cl)c1cccc2ccccc12. The average molecular weight is 339 g/mol. The molecule has 0 heterocycles. The first-order chi connectivity index (χ1) is 11.6. The van der Waals surface area contributed by atoms with E-state index in [0.717, 1.165) is 30.0 Å². The minimum Gasteiger partial charge on any atom is -0.310 e. The summed E-state index contributed by atoms with van der Waals surface area (Å²) in [6, 6.07) is 22.6. The molecule has 0 unspecified atom stereocenters.